The maximum absolute atomic E-state index is 13.2. The predicted molar refractivity (Wildman–Crippen MR) is 74.0 cm³/mol. The van der Waals surface area contributed by atoms with Crippen LogP contribution in [0.5, 0.6) is 0 Å². The number of halogens is 2. The summed E-state index contributed by atoms with van der Waals surface area (Å²) in [6.07, 6.45) is 6.95. The summed E-state index contributed by atoms with van der Waals surface area (Å²) < 4.78 is 26.1. The molecule has 1 nitrogen and oxygen atoms in total. The molecular formula is C17H21F2N. The number of hydrogen-bond donors (Lipinski definition) is 1. The molecule has 3 heteroatoms. The Morgan fingerprint density at radius 1 is 1.00 bits per heavy atom. The van der Waals surface area contributed by atoms with Crippen molar-refractivity contribution < 1.29 is 8.78 Å². The van der Waals surface area contributed by atoms with Gasteiger partial charge in [0.05, 0.1) is 0 Å². The Morgan fingerprint density at radius 3 is 2.70 bits per heavy atom. The lowest BCUT2D eigenvalue weighted by molar-refractivity contribution is 0.208. The van der Waals surface area contributed by atoms with E-state index < -0.39 is 11.6 Å². The van der Waals surface area contributed by atoms with Crippen LogP contribution in [0.3, 0.4) is 0 Å². The SMILES string of the molecule is Fc1ccc(CN[C@@H]2CC3CC2[C@@H]2CCC[C@H]32)cc1F. The Hall–Kier alpha value is -0.960. The normalized spacial score (nSPS) is 38.4. The molecule has 0 heterocycles. The van der Waals surface area contributed by atoms with E-state index in [-0.39, 0.29) is 0 Å². The second-order valence-corrected chi connectivity index (χ2v) is 6.89. The molecule has 1 aromatic rings. The Kier molecular flexibility index (Phi) is 3.06. The molecule has 4 rings (SSSR count). The first-order valence-electron chi connectivity index (χ1n) is 7.89. The monoisotopic (exact) mass is 277 g/mol. The highest BCUT2D eigenvalue weighted by atomic mass is 19.2. The molecule has 1 aromatic carbocycles. The molecule has 5 atom stereocenters. The second-order valence-electron chi connectivity index (χ2n) is 6.89. The van der Waals surface area contributed by atoms with Crippen molar-refractivity contribution in [1.82, 2.24) is 5.32 Å². The van der Waals surface area contributed by atoms with E-state index in [1.54, 1.807) is 6.07 Å². The summed E-state index contributed by atoms with van der Waals surface area (Å²) in [5.74, 6) is 2.20. The quantitative estimate of drug-likeness (QED) is 0.884. The Labute approximate surface area is 118 Å². The van der Waals surface area contributed by atoms with Crippen molar-refractivity contribution in [2.75, 3.05) is 0 Å². The van der Waals surface area contributed by atoms with Crippen LogP contribution in [0.1, 0.15) is 37.7 Å². The second kappa shape index (κ2) is 4.80. The Morgan fingerprint density at radius 2 is 1.85 bits per heavy atom. The minimum Gasteiger partial charge on any atom is -0.310 e. The molecule has 3 fully saturated rings. The Bertz CT molecular complexity index is 516. The molecule has 0 spiro atoms. The molecule has 20 heavy (non-hydrogen) atoms. The minimum absolute atomic E-state index is 0.590. The maximum Gasteiger partial charge on any atom is 0.159 e. The lowest BCUT2D eigenvalue weighted by Gasteiger charge is -2.32. The molecule has 1 N–H and O–H groups in total. The zero-order valence-corrected chi connectivity index (χ0v) is 11.6. The maximum atomic E-state index is 13.2. The van der Waals surface area contributed by atoms with Crippen molar-refractivity contribution in [3.63, 3.8) is 0 Å². The van der Waals surface area contributed by atoms with Gasteiger partial charge < -0.3 is 5.32 Å². The summed E-state index contributed by atoms with van der Waals surface area (Å²) in [5.41, 5.74) is 0.842. The first-order chi connectivity index (χ1) is 9.72. The fourth-order valence-corrected chi connectivity index (χ4v) is 5.20. The summed E-state index contributed by atoms with van der Waals surface area (Å²) in [4.78, 5) is 0. The predicted octanol–water partition coefficient (Wildman–Crippen LogP) is 3.88. The van der Waals surface area contributed by atoms with E-state index in [2.05, 4.69) is 5.32 Å². The average Bonchev–Trinajstić information content (AvgIpc) is 3.11. The van der Waals surface area contributed by atoms with Gasteiger partial charge >= 0.3 is 0 Å². The highest BCUT2D eigenvalue weighted by Crippen LogP contribution is 2.58. The van der Waals surface area contributed by atoms with Crippen molar-refractivity contribution >= 4 is 0 Å². The van der Waals surface area contributed by atoms with E-state index in [0.29, 0.717) is 12.6 Å². The van der Waals surface area contributed by atoms with Crippen molar-refractivity contribution in [2.24, 2.45) is 23.7 Å². The van der Waals surface area contributed by atoms with E-state index in [0.717, 1.165) is 29.2 Å². The van der Waals surface area contributed by atoms with E-state index >= 15 is 0 Å². The molecule has 0 aromatic heterocycles. The van der Waals surface area contributed by atoms with Crippen LogP contribution in [0.2, 0.25) is 0 Å². The van der Waals surface area contributed by atoms with Gasteiger partial charge in [-0.25, -0.2) is 8.78 Å². The van der Waals surface area contributed by atoms with Gasteiger partial charge in [-0.05, 0) is 67.1 Å². The lowest BCUT2D eigenvalue weighted by Crippen LogP contribution is -2.38. The Balaban J connectivity index is 1.40. The number of hydrogen-bond acceptors (Lipinski definition) is 1. The van der Waals surface area contributed by atoms with Gasteiger partial charge in [-0.15, -0.1) is 0 Å². The summed E-state index contributed by atoms with van der Waals surface area (Å²) in [6, 6.07) is 4.80. The molecular weight excluding hydrogens is 256 g/mol. The van der Waals surface area contributed by atoms with Crippen LogP contribution >= 0.6 is 0 Å². The molecule has 0 amide bonds. The third-order valence-corrected chi connectivity index (χ3v) is 5.98. The number of nitrogens with one attached hydrogen (secondary N) is 1. The van der Waals surface area contributed by atoms with Gasteiger partial charge in [0.25, 0.3) is 0 Å². The van der Waals surface area contributed by atoms with Crippen LogP contribution in [0.15, 0.2) is 18.2 Å². The largest absolute Gasteiger partial charge is 0.310 e. The van der Waals surface area contributed by atoms with Crippen molar-refractivity contribution in [1.29, 1.82) is 0 Å². The third-order valence-electron chi connectivity index (χ3n) is 5.98. The number of rotatable bonds is 3. The molecule has 108 valence electrons. The summed E-state index contributed by atoms with van der Waals surface area (Å²) in [7, 11) is 0. The van der Waals surface area contributed by atoms with Crippen molar-refractivity contribution in [3.8, 4) is 0 Å². The van der Waals surface area contributed by atoms with Crippen LogP contribution in [-0.2, 0) is 6.54 Å². The van der Waals surface area contributed by atoms with Crippen LogP contribution in [-0.4, -0.2) is 6.04 Å². The van der Waals surface area contributed by atoms with Crippen LogP contribution in [0.4, 0.5) is 8.78 Å². The fourth-order valence-electron chi connectivity index (χ4n) is 5.20. The lowest BCUT2D eigenvalue weighted by atomic mass is 9.79. The highest BCUT2D eigenvalue weighted by Gasteiger charge is 2.53. The van der Waals surface area contributed by atoms with Crippen LogP contribution in [0, 0.1) is 35.3 Å². The first-order valence-corrected chi connectivity index (χ1v) is 7.89. The molecule has 2 unspecified atom stereocenters. The van der Waals surface area contributed by atoms with E-state index in [1.165, 1.54) is 44.2 Å². The zero-order valence-electron chi connectivity index (χ0n) is 11.6. The molecule has 0 saturated heterocycles. The van der Waals surface area contributed by atoms with Gasteiger partial charge in [0.15, 0.2) is 11.6 Å². The number of benzene rings is 1. The first kappa shape index (κ1) is 12.8. The van der Waals surface area contributed by atoms with Gasteiger partial charge in [-0.3, -0.25) is 0 Å². The van der Waals surface area contributed by atoms with Crippen molar-refractivity contribution in [2.45, 2.75) is 44.7 Å². The topological polar surface area (TPSA) is 12.0 Å². The van der Waals surface area contributed by atoms with Crippen molar-refractivity contribution in [3.05, 3.63) is 35.4 Å². The fraction of sp³-hybridized carbons (Fsp3) is 0.647. The number of fused-ring (bicyclic) bond motifs is 5. The molecule has 0 aliphatic heterocycles. The summed E-state index contributed by atoms with van der Waals surface area (Å²) >= 11 is 0. The van der Waals surface area contributed by atoms with E-state index in [9.17, 15) is 8.78 Å². The standard InChI is InChI=1S/C17H21F2N/c18-15-5-4-10(6-16(15)19)9-20-17-8-11-7-14(17)13-3-1-2-12(11)13/h4-6,11-14,17,20H,1-3,7-9H2/t11?,12-,13-,14?,17-/m1/s1. The zero-order chi connectivity index (χ0) is 13.7. The molecule has 2 bridgehead atoms. The van der Waals surface area contributed by atoms with Gasteiger partial charge in [0, 0.05) is 12.6 Å². The third kappa shape index (κ3) is 1.98. The van der Waals surface area contributed by atoms with Crippen LogP contribution < -0.4 is 5.32 Å². The van der Waals surface area contributed by atoms with Gasteiger partial charge in [0.2, 0.25) is 0 Å². The van der Waals surface area contributed by atoms with E-state index in [1.807, 2.05) is 0 Å². The summed E-state index contributed by atoms with van der Waals surface area (Å²) in [5, 5.41) is 3.60. The molecule has 3 aliphatic rings. The molecule has 3 aliphatic carbocycles. The van der Waals surface area contributed by atoms with E-state index in [4.69, 9.17) is 0 Å². The van der Waals surface area contributed by atoms with Crippen LogP contribution in [0.25, 0.3) is 0 Å². The summed E-state index contributed by atoms with van der Waals surface area (Å²) in [6.45, 7) is 0.655. The highest BCUT2D eigenvalue weighted by molar-refractivity contribution is 5.18. The molecule has 0 radical (unpaired) electrons. The van der Waals surface area contributed by atoms with Gasteiger partial charge in [-0.1, -0.05) is 12.5 Å². The van der Waals surface area contributed by atoms with Gasteiger partial charge in [-0.2, -0.15) is 0 Å². The van der Waals surface area contributed by atoms with Gasteiger partial charge in [0.1, 0.15) is 0 Å². The molecule has 3 saturated carbocycles. The minimum atomic E-state index is -0.762. The average molecular weight is 277 g/mol. The smallest absolute Gasteiger partial charge is 0.159 e.